The SMILES string of the molecule is CCc1cccc(CC)c1NC(=O)N(C)C(C)CS(C)=O. The van der Waals surface area contributed by atoms with Gasteiger partial charge in [-0.15, -0.1) is 0 Å². The summed E-state index contributed by atoms with van der Waals surface area (Å²) in [4.78, 5) is 14.0. The van der Waals surface area contributed by atoms with Crippen LogP contribution in [-0.4, -0.2) is 40.2 Å². The van der Waals surface area contributed by atoms with Crippen molar-refractivity contribution in [1.82, 2.24) is 4.90 Å². The normalized spacial score (nSPS) is 13.6. The van der Waals surface area contributed by atoms with Crippen molar-refractivity contribution in [2.24, 2.45) is 0 Å². The molecule has 0 fully saturated rings. The molecular weight excluding hydrogens is 284 g/mol. The topological polar surface area (TPSA) is 49.4 Å². The molecule has 1 aromatic carbocycles. The van der Waals surface area contributed by atoms with Gasteiger partial charge in [-0.3, -0.25) is 4.21 Å². The van der Waals surface area contributed by atoms with Crippen molar-refractivity contribution >= 4 is 22.5 Å². The average molecular weight is 310 g/mol. The molecule has 118 valence electrons. The lowest BCUT2D eigenvalue weighted by atomic mass is 10.0. The van der Waals surface area contributed by atoms with Crippen LogP contribution in [0.3, 0.4) is 0 Å². The second-order valence-corrected chi connectivity index (χ2v) is 6.77. The summed E-state index contributed by atoms with van der Waals surface area (Å²) in [5.41, 5.74) is 3.20. The Hall–Kier alpha value is -1.36. The molecule has 21 heavy (non-hydrogen) atoms. The number of para-hydroxylation sites is 1. The summed E-state index contributed by atoms with van der Waals surface area (Å²) in [5, 5.41) is 3.02. The van der Waals surface area contributed by atoms with Gasteiger partial charge < -0.3 is 10.2 Å². The average Bonchev–Trinajstić information content (AvgIpc) is 2.45. The Labute approximate surface area is 130 Å². The van der Waals surface area contributed by atoms with E-state index in [9.17, 15) is 9.00 Å². The maximum Gasteiger partial charge on any atom is 0.321 e. The number of nitrogens with zero attached hydrogens (tertiary/aromatic N) is 1. The second-order valence-electron chi connectivity index (χ2n) is 5.29. The number of hydrogen-bond acceptors (Lipinski definition) is 2. The maximum absolute atomic E-state index is 12.4. The van der Waals surface area contributed by atoms with Gasteiger partial charge in [-0.25, -0.2) is 4.79 Å². The van der Waals surface area contributed by atoms with Crippen LogP contribution in [0.5, 0.6) is 0 Å². The van der Waals surface area contributed by atoms with Crippen molar-refractivity contribution in [2.75, 3.05) is 24.4 Å². The highest BCUT2D eigenvalue weighted by molar-refractivity contribution is 7.84. The fourth-order valence-electron chi connectivity index (χ4n) is 2.25. The molecule has 1 rings (SSSR count). The molecule has 0 bridgehead atoms. The largest absolute Gasteiger partial charge is 0.324 e. The Morgan fingerprint density at radius 2 is 1.81 bits per heavy atom. The van der Waals surface area contributed by atoms with Crippen molar-refractivity contribution in [3.63, 3.8) is 0 Å². The summed E-state index contributed by atoms with van der Waals surface area (Å²) in [6.07, 6.45) is 3.41. The molecule has 0 spiro atoms. The van der Waals surface area contributed by atoms with Gasteiger partial charge in [0.15, 0.2) is 0 Å². The molecule has 1 N–H and O–H groups in total. The molecule has 1 aromatic rings. The van der Waals surface area contributed by atoms with Gasteiger partial charge in [-0.1, -0.05) is 32.0 Å². The van der Waals surface area contributed by atoms with E-state index in [1.165, 1.54) is 0 Å². The third kappa shape index (κ3) is 4.84. The number of amides is 2. The van der Waals surface area contributed by atoms with Crippen LogP contribution in [0, 0.1) is 0 Å². The molecule has 0 aliphatic carbocycles. The van der Waals surface area contributed by atoms with Crippen LogP contribution in [0.2, 0.25) is 0 Å². The second kappa shape index (κ2) is 8.17. The van der Waals surface area contributed by atoms with Crippen LogP contribution in [0.4, 0.5) is 10.5 Å². The number of carbonyl (C=O) groups is 1. The first-order chi connectivity index (χ1) is 9.90. The van der Waals surface area contributed by atoms with E-state index in [0.717, 1.165) is 29.7 Å². The van der Waals surface area contributed by atoms with Crippen molar-refractivity contribution in [3.8, 4) is 0 Å². The lowest BCUT2D eigenvalue weighted by molar-refractivity contribution is 0.212. The summed E-state index contributed by atoms with van der Waals surface area (Å²) in [6.45, 7) is 6.07. The molecule has 2 unspecified atom stereocenters. The highest BCUT2D eigenvalue weighted by Crippen LogP contribution is 2.23. The van der Waals surface area contributed by atoms with Crippen molar-refractivity contribution in [3.05, 3.63) is 29.3 Å². The molecule has 4 nitrogen and oxygen atoms in total. The molecule has 5 heteroatoms. The first-order valence-electron chi connectivity index (χ1n) is 7.35. The van der Waals surface area contributed by atoms with Gasteiger partial charge in [0, 0.05) is 41.6 Å². The fraction of sp³-hybridized carbons (Fsp3) is 0.562. The number of benzene rings is 1. The summed E-state index contributed by atoms with van der Waals surface area (Å²) in [6, 6.07) is 5.90. The van der Waals surface area contributed by atoms with Crippen LogP contribution in [0.25, 0.3) is 0 Å². The molecule has 0 aromatic heterocycles. The zero-order valence-corrected chi connectivity index (χ0v) is 14.4. The van der Waals surface area contributed by atoms with E-state index in [4.69, 9.17) is 0 Å². The quantitative estimate of drug-likeness (QED) is 0.878. The molecule has 0 heterocycles. The number of nitrogens with one attached hydrogen (secondary N) is 1. The van der Waals surface area contributed by atoms with Crippen LogP contribution >= 0.6 is 0 Å². The van der Waals surface area contributed by atoms with Crippen LogP contribution in [-0.2, 0) is 23.6 Å². The summed E-state index contributed by atoms with van der Waals surface area (Å²) < 4.78 is 11.3. The summed E-state index contributed by atoms with van der Waals surface area (Å²) >= 11 is 0. The van der Waals surface area contributed by atoms with Gasteiger partial charge in [0.05, 0.1) is 0 Å². The minimum atomic E-state index is -0.913. The van der Waals surface area contributed by atoms with Gasteiger partial charge >= 0.3 is 6.03 Å². The predicted octanol–water partition coefficient (Wildman–Crippen LogP) is 3.04. The Morgan fingerprint density at radius 1 is 1.29 bits per heavy atom. The number of anilines is 1. The lowest BCUT2D eigenvalue weighted by Gasteiger charge is -2.25. The molecule has 0 aliphatic rings. The van der Waals surface area contributed by atoms with Crippen LogP contribution in [0.1, 0.15) is 31.9 Å². The van der Waals surface area contributed by atoms with E-state index in [-0.39, 0.29) is 12.1 Å². The van der Waals surface area contributed by atoms with Gasteiger partial charge in [-0.05, 0) is 30.9 Å². The third-order valence-electron chi connectivity index (χ3n) is 3.69. The number of urea groups is 1. The molecule has 0 aliphatic heterocycles. The zero-order chi connectivity index (χ0) is 16.0. The Kier molecular flexibility index (Phi) is 6.89. The maximum atomic E-state index is 12.4. The standard InChI is InChI=1S/C16H26N2O2S/c1-6-13-9-8-10-14(7-2)15(13)17-16(19)18(4)12(3)11-21(5)20/h8-10,12H,6-7,11H2,1-5H3,(H,17,19). The van der Waals surface area contributed by atoms with Gasteiger partial charge in [0.25, 0.3) is 0 Å². The highest BCUT2D eigenvalue weighted by atomic mass is 32.2. The van der Waals surface area contributed by atoms with E-state index >= 15 is 0 Å². The van der Waals surface area contributed by atoms with E-state index < -0.39 is 10.8 Å². The molecular formula is C16H26N2O2S. The molecule has 2 amide bonds. The predicted molar refractivity (Wildman–Crippen MR) is 90.4 cm³/mol. The molecule has 2 atom stereocenters. The monoisotopic (exact) mass is 310 g/mol. The Morgan fingerprint density at radius 3 is 2.24 bits per heavy atom. The molecule has 0 saturated heterocycles. The Balaban J connectivity index is 2.90. The number of rotatable bonds is 6. The fourth-order valence-corrected chi connectivity index (χ4v) is 3.15. The lowest BCUT2D eigenvalue weighted by Crippen LogP contribution is -2.41. The van der Waals surface area contributed by atoms with E-state index in [1.54, 1.807) is 18.2 Å². The van der Waals surface area contributed by atoms with E-state index in [0.29, 0.717) is 5.75 Å². The van der Waals surface area contributed by atoms with Crippen molar-refractivity contribution < 1.29 is 9.00 Å². The minimum Gasteiger partial charge on any atom is -0.324 e. The summed E-state index contributed by atoms with van der Waals surface area (Å²) in [5.74, 6) is 0.486. The molecule has 0 radical (unpaired) electrons. The molecule has 0 saturated carbocycles. The van der Waals surface area contributed by atoms with Gasteiger partial charge in [-0.2, -0.15) is 0 Å². The van der Waals surface area contributed by atoms with E-state index in [2.05, 4.69) is 19.2 Å². The van der Waals surface area contributed by atoms with Crippen LogP contribution in [0.15, 0.2) is 18.2 Å². The smallest absolute Gasteiger partial charge is 0.321 e. The number of aryl methyl sites for hydroxylation is 2. The first-order valence-corrected chi connectivity index (χ1v) is 9.07. The number of hydrogen-bond donors (Lipinski definition) is 1. The third-order valence-corrected chi connectivity index (χ3v) is 4.64. The van der Waals surface area contributed by atoms with Crippen molar-refractivity contribution in [1.29, 1.82) is 0 Å². The van der Waals surface area contributed by atoms with E-state index in [1.807, 2.05) is 25.1 Å². The van der Waals surface area contributed by atoms with Crippen molar-refractivity contribution in [2.45, 2.75) is 39.7 Å². The Bertz CT molecular complexity index is 495. The van der Waals surface area contributed by atoms with Gasteiger partial charge in [0.2, 0.25) is 0 Å². The first kappa shape index (κ1) is 17.7. The minimum absolute atomic E-state index is 0.0605. The zero-order valence-electron chi connectivity index (χ0n) is 13.6. The number of carbonyl (C=O) groups excluding carboxylic acids is 1. The highest BCUT2D eigenvalue weighted by Gasteiger charge is 2.18. The summed E-state index contributed by atoms with van der Waals surface area (Å²) in [7, 11) is 0.830. The van der Waals surface area contributed by atoms with Crippen LogP contribution < -0.4 is 5.32 Å². The van der Waals surface area contributed by atoms with Gasteiger partial charge in [0.1, 0.15) is 0 Å².